The quantitative estimate of drug-likeness (QED) is 0.803. The van der Waals surface area contributed by atoms with Gasteiger partial charge in [-0.05, 0) is 24.2 Å². The fourth-order valence-corrected chi connectivity index (χ4v) is 3.05. The molecule has 0 aromatic carbocycles. The number of hydrogen-bond donors (Lipinski definition) is 1. The molecule has 2 unspecified atom stereocenters. The van der Waals surface area contributed by atoms with E-state index in [0.29, 0.717) is 24.3 Å². The van der Waals surface area contributed by atoms with Gasteiger partial charge in [-0.1, -0.05) is 27.7 Å². The van der Waals surface area contributed by atoms with Crippen LogP contribution in [0.1, 0.15) is 34.1 Å². The monoisotopic (exact) mass is 284 g/mol. The van der Waals surface area contributed by atoms with Gasteiger partial charge in [0.05, 0.1) is 13.1 Å². The fraction of sp³-hybridized carbons (Fsp3) is 0.867. The molecule has 0 radical (unpaired) electrons. The number of nitrogens with zero attached hydrogens (tertiary/aromatic N) is 2. The molecular formula is C15H28N2O3. The van der Waals surface area contributed by atoms with E-state index in [0.717, 1.165) is 19.5 Å². The SMILES string of the molecule is CC(C)CN(CC(=O)O)CC(=O)N1CC(C)CC(C)C1. The summed E-state index contributed by atoms with van der Waals surface area (Å²) in [7, 11) is 0. The van der Waals surface area contributed by atoms with Gasteiger partial charge in [-0.15, -0.1) is 0 Å². The molecule has 1 saturated heterocycles. The molecule has 1 amide bonds. The second-order valence-corrected chi connectivity index (χ2v) is 6.70. The van der Waals surface area contributed by atoms with E-state index in [4.69, 9.17) is 5.11 Å². The first-order chi connectivity index (χ1) is 9.27. The van der Waals surface area contributed by atoms with E-state index in [1.165, 1.54) is 0 Å². The number of carbonyl (C=O) groups is 2. The molecule has 5 heteroatoms. The molecule has 1 aliphatic rings. The first-order valence-electron chi connectivity index (χ1n) is 7.49. The van der Waals surface area contributed by atoms with Crippen molar-refractivity contribution >= 4 is 11.9 Å². The van der Waals surface area contributed by atoms with Gasteiger partial charge in [0.25, 0.3) is 0 Å². The van der Waals surface area contributed by atoms with E-state index in [1.54, 1.807) is 4.90 Å². The second-order valence-electron chi connectivity index (χ2n) is 6.70. The van der Waals surface area contributed by atoms with Crippen molar-refractivity contribution in [1.82, 2.24) is 9.80 Å². The Bertz CT molecular complexity index is 334. The molecule has 116 valence electrons. The maximum Gasteiger partial charge on any atom is 0.317 e. The van der Waals surface area contributed by atoms with Crippen LogP contribution >= 0.6 is 0 Å². The Hall–Kier alpha value is -1.10. The molecule has 0 aromatic heterocycles. The number of rotatable bonds is 6. The summed E-state index contributed by atoms with van der Waals surface area (Å²) < 4.78 is 0. The Morgan fingerprint density at radius 1 is 1.20 bits per heavy atom. The van der Waals surface area contributed by atoms with Crippen molar-refractivity contribution in [3.63, 3.8) is 0 Å². The number of carboxylic acid groups (broad SMARTS) is 1. The maximum absolute atomic E-state index is 12.4. The zero-order valence-electron chi connectivity index (χ0n) is 13.1. The number of aliphatic carboxylic acids is 1. The van der Waals surface area contributed by atoms with Crippen molar-refractivity contribution in [3.05, 3.63) is 0 Å². The molecule has 0 spiro atoms. The summed E-state index contributed by atoms with van der Waals surface area (Å²) in [6, 6.07) is 0. The number of piperidine rings is 1. The summed E-state index contributed by atoms with van der Waals surface area (Å²) in [4.78, 5) is 26.9. The van der Waals surface area contributed by atoms with Gasteiger partial charge in [0.2, 0.25) is 5.91 Å². The average Bonchev–Trinajstić information content (AvgIpc) is 2.25. The van der Waals surface area contributed by atoms with E-state index < -0.39 is 5.97 Å². The van der Waals surface area contributed by atoms with Crippen molar-refractivity contribution in [3.8, 4) is 0 Å². The smallest absolute Gasteiger partial charge is 0.317 e. The third-order valence-electron chi connectivity index (χ3n) is 3.56. The molecule has 1 aliphatic heterocycles. The summed E-state index contributed by atoms with van der Waals surface area (Å²) in [6.07, 6.45) is 1.16. The summed E-state index contributed by atoms with van der Waals surface area (Å²) in [5, 5.41) is 8.94. The third-order valence-corrected chi connectivity index (χ3v) is 3.56. The lowest BCUT2D eigenvalue weighted by Gasteiger charge is -2.36. The topological polar surface area (TPSA) is 60.9 Å². The standard InChI is InChI=1S/C15H28N2O3/c1-11(2)6-16(10-15(19)20)9-14(18)17-7-12(3)5-13(4)8-17/h11-13H,5-10H2,1-4H3,(H,19,20). The van der Waals surface area contributed by atoms with Crippen LogP contribution < -0.4 is 0 Å². The largest absolute Gasteiger partial charge is 0.480 e. The summed E-state index contributed by atoms with van der Waals surface area (Å²) in [6.45, 7) is 10.8. The number of likely N-dealkylation sites (tertiary alicyclic amines) is 1. The predicted molar refractivity (Wildman–Crippen MR) is 78.4 cm³/mol. The molecule has 5 nitrogen and oxygen atoms in total. The molecule has 0 aliphatic carbocycles. The van der Waals surface area contributed by atoms with Crippen LogP contribution in [-0.4, -0.2) is 59.5 Å². The molecule has 1 heterocycles. The minimum absolute atomic E-state index is 0.0605. The molecule has 2 atom stereocenters. The van der Waals surface area contributed by atoms with Crippen LogP contribution in [0.2, 0.25) is 0 Å². The molecule has 0 saturated carbocycles. The third kappa shape index (κ3) is 5.90. The lowest BCUT2D eigenvalue weighted by Crippen LogP contribution is -2.48. The van der Waals surface area contributed by atoms with Crippen LogP contribution in [-0.2, 0) is 9.59 Å². The molecule has 20 heavy (non-hydrogen) atoms. The highest BCUT2D eigenvalue weighted by Gasteiger charge is 2.26. The molecule has 1 fully saturated rings. The summed E-state index contributed by atoms with van der Waals surface area (Å²) in [5.41, 5.74) is 0. The Morgan fingerprint density at radius 3 is 2.20 bits per heavy atom. The Labute approximate surface area is 121 Å². The van der Waals surface area contributed by atoms with Crippen molar-refractivity contribution in [2.45, 2.75) is 34.1 Å². The average molecular weight is 284 g/mol. The predicted octanol–water partition coefficient (Wildman–Crippen LogP) is 1.53. The van der Waals surface area contributed by atoms with Gasteiger partial charge < -0.3 is 10.0 Å². The Balaban J connectivity index is 2.57. The number of carboxylic acids is 1. The van der Waals surface area contributed by atoms with Crippen LogP contribution in [0.4, 0.5) is 0 Å². The lowest BCUT2D eigenvalue weighted by molar-refractivity contribution is -0.140. The summed E-state index contributed by atoms with van der Waals surface area (Å²) in [5.74, 6) is 0.590. The molecule has 0 bridgehead atoms. The van der Waals surface area contributed by atoms with Crippen molar-refractivity contribution in [2.75, 3.05) is 32.7 Å². The van der Waals surface area contributed by atoms with Gasteiger partial charge >= 0.3 is 5.97 Å². The van der Waals surface area contributed by atoms with Crippen molar-refractivity contribution in [1.29, 1.82) is 0 Å². The minimum atomic E-state index is -0.876. The maximum atomic E-state index is 12.4. The van der Waals surface area contributed by atoms with Gasteiger partial charge in [0.15, 0.2) is 0 Å². The van der Waals surface area contributed by atoms with E-state index in [2.05, 4.69) is 13.8 Å². The van der Waals surface area contributed by atoms with Crippen LogP contribution in [0.25, 0.3) is 0 Å². The van der Waals surface area contributed by atoms with E-state index in [1.807, 2.05) is 18.7 Å². The van der Waals surface area contributed by atoms with Crippen molar-refractivity contribution in [2.24, 2.45) is 17.8 Å². The summed E-state index contributed by atoms with van der Waals surface area (Å²) >= 11 is 0. The number of amides is 1. The zero-order chi connectivity index (χ0) is 15.3. The molecule has 1 rings (SSSR count). The highest BCUT2D eigenvalue weighted by atomic mass is 16.4. The van der Waals surface area contributed by atoms with Crippen LogP contribution in [0.5, 0.6) is 0 Å². The first kappa shape index (κ1) is 17.0. The fourth-order valence-electron chi connectivity index (χ4n) is 3.05. The second kappa shape index (κ2) is 7.62. The highest BCUT2D eigenvalue weighted by Crippen LogP contribution is 2.21. The first-order valence-corrected chi connectivity index (χ1v) is 7.49. The van der Waals surface area contributed by atoms with E-state index in [-0.39, 0.29) is 19.0 Å². The van der Waals surface area contributed by atoms with Crippen LogP contribution in [0.3, 0.4) is 0 Å². The normalized spacial score (nSPS) is 23.4. The zero-order valence-corrected chi connectivity index (χ0v) is 13.1. The van der Waals surface area contributed by atoms with Crippen LogP contribution in [0.15, 0.2) is 0 Å². The van der Waals surface area contributed by atoms with E-state index >= 15 is 0 Å². The van der Waals surface area contributed by atoms with Crippen LogP contribution in [0, 0.1) is 17.8 Å². The van der Waals surface area contributed by atoms with Gasteiger partial charge in [-0.25, -0.2) is 0 Å². The molecule has 1 N–H and O–H groups in total. The van der Waals surface area contributed by atoms with Crippen molar-refractivity contribution < 1.29 is 14.7 Å². The Morgan fingerprint density at radius 2 is 1.75 bits per heavy atom. The molecule has 0 aromatic rings. The minimum Gasteiger partial charge on any atom is -0.480 e. The van der Waals surface area contributed by atoms with E-state index in [9.17, 15) is 9.59 Å². The number of hydrogen-bond acceptors (Lipinski definition) is 3. The number of carbonyl (C=O) groups excluding carboxylic acids is 1. The lowest BCUT2D eigenvalue weighted by atomic mass is 9.92. The van der Waals surface area contributed by atoms with Gasteiger partial charge in [-0.3, -0.25) is 14.5 Å². The van der Waals surface area contributed by atoms with Gasteiger partial charge in [0, 0.05) is 19.6 Å². The van der Waals surface area contributed by atoms with Gasteiger partial charge in [0.1, 0.15) is 0 Å². The Kier molecular flexibility index (Phi) is 6.46. The van der Waals surface area contributed by atoms with Gasteiger partial charge in [-0.2, -0.15) is 0 Å². The molecular weight excluding hydrogens is 256 g/mol. The highest BCUT2D eigenvalue weighted by molar-refractivity contribution is 5.79.